The van der Waals surface area contributed by atoms with Gasteiger partial charge in [-0.25, -0.2) is 0 Å². The van der Waals surface area contributed by atoms with Crippen LogP contribution in [-0.2, 0) is 22.4 Å². The van der Waals surface area contributed by atoms with Crippen LogP contribution in [0.1, 0.15) is 56.1 Å². The summed E-state index contributed by atoms with van der Waals surface area (Å²) in [5, 5.41) is 0. The molecule has 2 saturated heterocycles. The number of carbonyl (C=O) groups excluding carboxylic acids is 1. The van der Waals surface area contributed by atoms with Crippen LogP contribution in [0, 0.1) is 5.92 Å². The van der Waals surface area contributed by atoms with Gasteiger partial charge in [0, 0.05) is 51.2 Å². The topological polar surface area (TPSA) is 42.0 Å². The molecule has 5 nitrogen and oxygen atoms in total. The molecular weight excluding hydrogens is 364 g/mol. The predicted molar refractivity (Wildman–Crippen MR) is 112 cm³/mol. The van der Waals surface area contributed by atoms with E-state index in [1.807, 2.05) is 4.90 Å². The fourth-order valence-electron chi connectivity index (χ4n) is 5.36. The molecule has 0 N–H and O–H groups in total. The van der Waals surface area contributed by atoms with E-state index in [9.17, 15) is 4.79 Å². The Morgan fingerprint density at radius 2 is 1.72 bits per heavy atom. The van der Waals surface area contributed by atoms with Crippen LogP contribution in [0.2, 0.25) is 0 Å². The van der Waals surface area contributed by atoms with E-state index in [1.54, 1.807) is 0 Å². The van der Waals surface area contributed by atoms with Crippen LogP contribution in [-0.4, -0.2) is 60.8 Å². The molecule has 1 amide bonds. The minimum Gasteiger partial charge on any atom is -0.470 e. The fraction of sp³-hybridized carbons (Fsp3) is 0.708. The van der Waals surface area contributed by atoms with E-state index in [2.05, 4.69) is 23.1 Å². The van der Waals surface area contributed by atoms with Crippen LogP contribution >= 0.6 is 0 Å². The minimum absolute atomic E-state index is 0.109. The van der Waals surface area contributed by atoms with Crippen LogP contribution in [0.4, 0.5) is 0 Å². The van der Waals surface area contributed by atoms with Crippen LogP contribution in [0.15, 0.2) is 18.2 Å². The summed E-state index contributed by atoms with van der Waals surface area (Å²) in [7, 11) is 0. The molecule has 1 aromatic rings. The molecule has 0 radical (unpaired) electrons. The van der Waals surface area contributed by atoms with Crippen LogP contribution in [0.3, 0.4) is 0 Å². The van der Waals surface area contributed by atoms with Gasteiger partial charge >= 0.3 is 0 Å². The van der Waals surface area contributed by atoms with E-state index in [0.29, 0.717) is 13.2 Å². The van der Waals surface area contributed by atoms with Gasteiger partial charge in [0.05, 0.1) is 0 Å². The number of ether oxygens (including phenoxy) is 2. The Morgan fingerprint density at radius 1 is 0.931 bits per heavy atom. The zero-order valence-electron chi connectivity index (χ0n) is 17.5. The van der Waals surface area contributed by atoms with Gasteiger partial charge in [0.2, 0.25) is 5.91 Å². The summed E-state index contributed by atoms with van der Waals surface area (Å²) in [5.74, 6) is 1.30. The van der Waals surface area contributed by atoms with Gasteiger partial charge in [-0.15, -0.1) is 0 Å². The smallest absolute Gasteiger partial charge is 0.228 e. The van der Waals surface area contributed by atoms with E-state index in [4.69, 9.17) is 9.47 Å². The molecule has 158 valence electrons. The summed E-state index contributed by atoms with van der Waals surface area (Å²) in [5.41, 5.74) is 2.91. The van der Waals surface area contributed by atoms with Gasteiger partial charge < -0.3 is 14.4 Å². The summed E-state index contributed by atoms with van der Waals surface area (Å²) in [6.45, 7) is 4.59. The molecule has 5 rings (SSSR count). The number of hydrogen-bond donors (Lipinski definition) is 0. The zero-order chi connectivity index (χ0) is 19.6. The van der Waals surface area contributed by atoms with Crippen molar-refractivity contribution in [1.82, 2.24) is 9.80 Å². The maximum absolute atomic E-state index is 13.0. The van der Waals surface area contributed by atoms with Crippen molar-refractivity contribution >= 4 is 5.91 Å². The minimum atomic E-state index is -0.111. The Kier molecular flexibility index (Phi) is 5.78. The monoisotopic (exact) mass is 398 g/mol. The molecule has 3 aliphatic heterocycles. The zero-order valence-corrected chi connectivity index (χ0v) is 17.5. The molecule has 1 aliphatic carbocycles. The number of rotatable bonds is 4. The van der Waals surface area contributed by atoms with E-state index in [-0.39, 0.29) is 18.1 Å². The molecule has 0 unspecified atom stereocenters. The molecule has 0 aromatic heterocycles. The second-order valence-electron chi connectivity index (χ2n) is 9.18. The van der Waals surface area contributed by atoms with E-state index >= 15 is 0 Å². The number of benzene rings is 1. The molecular formula is C24H34N2O3. The highest BCUT2D eigenvalue weighted by Gasteiger charge is 2.35. The summed E-state index contributed by atoms with van der Waals surface area (Å²) < 4.78 is 11.8. The second-order valence-corrected chi connectivity index (χ2v) is 9.18. The van der Waals surface area contributed by atoms with Gasteiger partial charge in [-0.2, -0.15) is 0 Å². The first-order valence-corrected chi connectivity index (χ1v) is 11.7. The maximum atomic E-state index is 13.0. The van der Waals surface area contributed by atoms with Crippen molar-refractivity contribution in [2.45, 2.75) is 70.1 Å². The Hall–Kier alpha value is -1.59. The third-order valence-electron chi connectivity index (χ3n) is 7.43. The Bertz CT molecular complexity index is 727. The fourth-order valence-corrected chi connectivity index (χ4v) is 5.36. The normalized spacial score (nSPS) is 26.6. The number of nitrogens with zero attached hydrogens (tertiary/aromatic N) is 2. The van der Waals surface area contributed by atoms with Crippen LogP contribution in [0.5, 0.6) is 5.75 Å². The number of amides is 1. The van der Waals surface area contributed by atoms with E-state index in [1.165, 1.54) is 43.5 Å². The third-order valence-corrected chi connectivity index (χ3v) is 7.43. The number of likely N-dealkylation sites (tertiary alicyclic amines) is 1. The molecule has 4 aliphatic rings. The maximum Gasteiger partial charge on any atom is 0.228 e. The van der Waals surface area contributed by atoms with Crippen molar-refractivity contribution < 1.29 is 14.3 Å². The number of hydrogen-bond acceptors (Lipinski definition) is 4. The average molecular weight is 399 g/mol. The van der Waals surface area contributed by atoms with Crippen molar-refractivity contribution in [3.05, 3.63) is 29.3 Å². The van der Waals surface area contributed by atoms with Gasteiger partial charge in [0.15, 0.2) is 6.23 Å². The second kappa shape index (κ2) is 8.65. The van der Waals surface area contributed by atoms with Gasteiger partial charge in [-0.1, -0.05) is 12.5 Å². The number of fused-ring (bicyclic) bond motifs is 1. The van der Waals surface area contributed by atoms with Crippen molar-refractivity contribution in [1.29, 1.82) is 0 Å². The molecule has 3 heterocycles. The Labute approximate surface area is 174 Å². The first kappa shape index (κ1) is 19.4. The van der Waals surface area contributed by atoms with Crippen molar-refractivity contribution in [2.24, 2.45) is 5.92 Å². The standard InChI is InChI=1S/C24H34N2O3/c27-24(19-10-15-28-16-11-19)26-12-2-5-23(26)29-22-7-6-18-8-13-25(21-3-1-4-21)14-9-20(18)17-22/h6-7,17,19,21,23H,1-5,8-16H2/t23-/m0/s1. The van der Waals surface area contributed by atoms with Gasteiger partial charge in [0.25, 0.3) is 0 Å². The summed E-state index contributed by atoms with van der Waals surface area (Å²) in [6.07, 6.45) is 9.95. The predicted octanol–water partition coefficient (Wildman–Crippen LogP) is 3.39. The van der Waals surface area contributed by atoms with Crippen molar-refractivity contribution in [3.8, 4) is 5.75 Å². The quantitative estimate of drug-likeness (QED) is 0.780. The Morgan fingerprint density at radius 3 is 2.48 bits per heavy atom. The lowest BCUT2D eigenvalue weighted by molar-refractivity contribution is -0.144. The molecule has 1 atom stereocenters. The van der Waals surface area contributed by atoms with Gasteiger partial charge in [0.1, 0.15) is 5.75 Å². The summed E-state index contributed by atoms with van der Waals surface area (Å²) >= 11 is 0. The molecule has 0 spiro atoms. The summed E-state index contributed by atoms with van der Waals surface area (Å²) in [4.78, 5) is 17.7. The van der Waals surface area contributed by atoms with Gasteiger partial charge in [-0.05, 0) is 68.2 Å². The molecule has 0 bridgehead atoms. The highest BCUT2D eigenvalue weighted by Crippen LogP contribution is 2.30. The lowest BCUT2D eigenvalue weighted by Crippen LogP contribution is -2.43. The third kappa shape index (κ3) is 4.17. The molecule has 3 fully saturated rings. The Balaban J connectivity index is 1.23. The average Bonchev–Trinajstić information content (AvgIpc) is 3.07. The molecule has 1 saturated carbocycles. The molecule has 5 heteroatoms. The first-order valence-electron chi connectivity index (χ1n) is 11.7. The number of carbonyl (C=O) groups is 1. The highest BCUT2D eigenvalue weighted by molar-refractivity contribution is 5.79. The van der Waals surface area contributed by atoms with Gasteiger partial charge in [-0.3, -0.25) is 9.69 Å². The van der Waals surface area contributed by atoms with Crippen LogP contribution < -0.4 is 4.74 Å². The van der Waals surface area contributed by atoms with E-state index < -0.39 is 0 Å². The van der Waals surface area contributed by atoms with Crippen LogP contribution in [0.25, 0.3) is 0 Å². The van der Waals surface area contributed by atoms with Crippen molar-refractivity contribution in [2.75, 3.05) is 32.8 Å². The molecule has 1 aromatic carbocycles. The largest absolute Gasteiger partial charge is 0.470 e. The SMILES string of the molecule is O=C(C1CCOCC1)N1CCC[C@@H]1Oc1ccc2c(c1)CCN(C1CCC1)CC2. The van der Waals surface area contributed by atoms with Crippen molar-refractivity contribution in [3.63, 3.8) is 0 Å². The highest BCUT2D eigenvalue weighted by atomic mass is 16.5. The lowest BCUT2D eigenvalue weighted by atomic mass is 9.91. The van der Waals surface area contributed by atoms with E-state index in [0.717, 1.165) is 56.9 Å². The molecule has 29 heavy (non-hydrogen) atoms. The summed E-state index contributed by atoms with van der Waals surface area (Å²) in [6, 6.07) is 7.44. The lowest BCUT2D eigenvalue weighted by Gasteiger charge is -2.36. The first-order chi connectivity index (χ1) is 14.3.